The minimum absolute atomic E-state index is 0.0217. The number of fused-ring (bicyclic) bond motifs is 3. The summed E-state index contributed by atoms with van der Waals surface area (Å²) in [4.78, 5) is 19.7. The number of hydrogen-bond acceptors (Lipinski definition) is 5. The number of benzene rings is 1. The fourth-order valence-electron chi connectivity index (χ4n) is 4.09. The molecule has 0 spiro atoms. The molecule has 0 radical (unpaired) electrons. The maximum atomic E-state index is 12.5. The zero-order valence-electron chi connectivity index (χ0n) is 16.3. The van der Waals surface area contributed by atoms with Crippen molar-refractivity contribution in [2.75, 3.05) is 18.0 Å². The molecule has 5 rings (SSSR count). The van der Waals surface area contributed by atoms with Crippen molar-refractivity contribution >= 4 is 28.3 Å². The number of para-hydroxylation sites is 1. The van der Waals surface area contributed by atoms with Crippen molar-refractivity contribution in [1.82, 2.24) is 19.9 Å². The SMILES string of the molecule is Cc1cc2nc(N3CCC(C(=O)NCc4ccco4)CC3)c3ccccc3n2n1. The Labute approximate surface area is 168 Å². The van der Waals surface area contributed by atoms with E-state index in [1.165, 1.54) is 0 Å². The topological polar surface area (TPSA) is 75.7 Å². The molecular weight excluding hydrogens is 366 g/mol. The molecule has 0 unspecified atom stereocenters. The van der Waals surface area contributed by atoms with E-state index in [1.807, 2.05) is 41.8 Å². The number of aromatic nitrogens is 3. The van der Waals surface area contributed by atoms with Crippen molar-refractivity contribution in [3.63, 3.8) is 0 Å². The standard InChI is InChI=1S/C22H23N5O2/c1-15-13-20-24-21(18-6-2-3-7-19(18)27(20)25-15)26-10-8-16(9-11-26)22(28)23-14-17-5-4-12-29-17/h2-7,12-13,16H,8-11,14H2,1H3,(H,23,28). The number of carbonyl (C=O) groups excluding carboxylic acids is 1. The molecule has 1 aliphatic heterocycles. The lowest BCUT2D eigenvalue weighted by atomic mass is 9.95. The molecule has 3 aromatic heterocycles. The smallest absolute Gasteiger partial charge is 0.223 e. The summed E-state index contributed by atoms with van der Waals surface area (Å²) in [7, 11) is 0. The van der Waals surface area contributed by atoms with Gasteiger partial charge in [-0.15, -0.1) is 0 Å². The van der Waals surface area contributed by atoms with Gasteiger partial charge in [-0.2, -0.15) is 5.10 Å². The number of aryl methyl sites for hydroxylation is 1. The number of nitrogens with one attached hydrogen (secondary N) is 1. The Kier molecular flexibility index (Phi) is 4.42. The predicted octanol–water partition coefficient (Wildman–Crippen LogP) is 3.32. The molecular formula is C22H23N5O2. The number of nitrogens with zero attached hydrogens (tertiary/aromatic N) is 4. The van der Waals surface area contributed by atoms with E-state index in [2.05, 4.69) is 27.4 Å². The van der Waals surface area contributed by atoms with E-state index < -0.39 is 0 Å². The van der Waals surface area contributed by atoms with Crippen LogP contribution in [0.5, 0.6) is 0 Å². The van der Waals surface area contributed by atoms with Crippen LogP contribution in [0.15, 0.2) is 53.1 Å². The van der Waals surface area contributed by atoms with Crippen molar-refractivity contribution in [3.05, 3.63) is 60.2 Å². The van der Waals surface area contributed by atoms with Crippen LogP contribution in [-0.4, -0.2) is 33.6 Å². The number of anilines is 1. The van der Waals surface area contributed by atoms with Crippen LogP contribution < -0.4 is 10.2 Å². The van der Waals surface area contributed by atoms with Crippen LogP contribution in [0.25, 0.3) is 16.6 Å². The maximum Gasteiger partial charge on any atom is 0.223 e. The van der Waals surface area contributed by atoms with Crippen molar-refractivity contribution < 1.29 is 9.21 Å². The van der Waals surface area contributed by atoms with Gasteiger partial charge in [0.2, 0.25) is 5.91 Å². The van der Waals surface area contributed by atoms with E-state index in [0.29, 0.717) is 6.54 Å². The summed E-state index contributed by atoms with van der Waals surface area (Å²) in [6.45, 7) is 4.03. The molecule has 0 bridgehead atoms. The first-order chi connectivity index (χ1) is 14.2. The minimum atomic E-state index is 0.0217. The summed E-state index contributed by atoms with van der Waals surface area (Å²) in [5, 5.41) is 8.65. The van der Waals surface area contributed by atoms with Crippen molar-refractivity contribution in [2.45, 2.75) is 26.3 Å². The molecule has 1 aromatic carbocycles. The molecule has 1 aliphatic rings. The molecule has 7 heteroatoms. The Balaban J connectivity index is 1.34. The second kappa shape index (κ2) is 7.24. The first-order valence-electron chi connectivity index (χ1n) is 9.99. The summed E-state index contributed by atoms with van der Waals surface area (Å²) in [6.07, 6.45) is 3.24. The fourth-order valence-corrected chi connectivity index (χ4v) is 4.09. The molecule has 1 N–H and O–H groups in total. The predicted molar refractivity (Wildman–Crippen MR) is 111 cm³/mol. The normalized spacial score (nSPS) is 15.3. The number of rotatable bonds is 4. The first kappa shape index (κ1) is 17.7. The molecule has 4 heterocycles. The van der Waals surface area contributed by atoms with Gasteiger partial charge in [0.05, 0.1) is 24.0 Å². The van der Waals surface area contributed by atoms with Gasteiger partial charge in [-0.05, 0) is 44.0 Å². The molecule has 0 aliphatic carbocycles. The van der Waals surface area contributed by atoms with Crippen LogP contribution in [-0.2, 0) is 11.3 Å². The van der Waals surface area contributed by atoms with Crippen molar-refractivity contribution in [3.8, 4) is 0 Å². The third kappa shape index (κ3) is 3.33. The zero-order valence-corrected chi connectivity index (χ0v) is 16.3. The van der Waals surface area contributed by atoms with E-state index in [9.17, 15) is 4.79 Å². The number of furan rings is 1. The van der Waals surface area contributed by atoms with Gasteiger partial charge in [-0.25, -0.2) is 9.50 Å². The van der Waals surface area contributed by atoms with Gasteiger partial charge < -0.3 is 14.6 Å². The number of piperidine rings is 1. The Morgan fingerprint density at radius 1 is 1.21 bits per heavy atom. The molecule has 148 valence electrons. The lowest BCUT2D eigenvalue weighted by Crippen LogP contribution is -2.40. The first-order valence-corrected chi connectivity index (χ1v) is 9.99. The Bertz CT molecular complexity index is 1160. The van der Waals surface area contributed by atoms with Crippen LogP contribution in [0.2, 0.25) is 0 Å². The van der Waals surface area contributed by atoms with Crippen LogP contribution in [0.1, 0.15) is 24.3 Å². The Morgan fingerprint density at radius 2 is 2.03 bits per heavy atom. The zero-order chi connectivity index (χ0) is 19.8. The van der Waals surface area contributed by atoms with Crippen LogP contribution in [0.4, 0.5) is 5.82 Å². The summed E-state index contributed by atoms with van der Waals surface area (Å²) in [6, 6.07) is 13.9. The van der Waals surface area contributed by atoms with Gasteiger partial charge in [-0.3, -0.25) is 4.79 Å². The van der Waals surface area contributed by atoms with Gasteiger partial charge in [0, 0.05) is 30.5 Å². The summed E-state index contributed by atoms with van der Waals surface area (Å²) in [5.74, 6) is 1.87. The van der Waals surface area contributed by atoms with Gasteiger partial charge >= 0.3 is 0 Å². The third-order valence-electron chi connectivity index (χ3n) is 5.59. The van der Waals surface area contributed by atoms with Gasteiger partial charge in [0.1, 0.15) is 11.6 Å². The average molecular weight is 389 g/mol. The van der Waals surface area contributed by atoms with Crippen LogP contribution in [0, 0.1) is 12.8 Å². The third-order valence-corrected chi connectivity index (χ3v) is 5.59. The average Bonchev–Trinajstić information content (AvgIpc) is 3.40. The number of hydrogen-bond donors (Lipinski definition) is 1. The minimum Gasteiger partial charge on any atom is -0.467 e. The maximum absolute atomic E-state index is 12.5. The van der Waals surface area contributed by atoms with Crippen LogP contribution >= 0.6 is 0 Å². The highest BCUT2D eigenvalue weighted by Gasteiger charge is 2.27. The number of carbonyl (C=O) groups is 1. The molecule has 1 fully saturated rings. The molecule has 0 saturated carbocycles. The fraction of sp³-hybridized carbons (Fsp3) is 0.318. The van der Waals surface area contributed by atoms with E-state index in [0.717, 1.165) is 59.8 Å². The van der Waals surface area contributed by atoms with E-state index in [-0.39, 0.29) is 11.8 Å². The van der Waals surface area contributed by atoms with Gasteiger partial charge in [0.15, 0.2) is 5.65 Å². The van der Waals surface area contributed by atoms with Gasteiger partial charge in [0.25, 0.3) is 0 Å². The lowest BCUT2D eigenvalue weighted by Gasteiger charge is -2.32. The largest absolute Gasteiger partial charge is 0.467 e. The van der Waals surface area contributed by atoms with Gasteiger partial charge in [-0.1, -0.05) is 12.1 Å². The molecule has 0 atom stereocenters. The highest BCUT2D eigenvalue weighted by atomic mass is 16.3. The summed E-state index contributed by atoms with van der Waals surface area (Å²) < 4.78 is 7.19. The second-order valence-corrected chi connectivity index (χ2v) is 7.57. The summed E-state index contributed by atoms with van der Waals surface area (Å²) in [5.41, 5.74) is 2.86. The van der Waals surface area contributed by atoms with E-state index >= 15 is 0 Å². The molecule has 1 saturated heterocycles. The quantitative estimate of drug-likeness (QED) is 0.579. The molecule has 1 amide bonds. The Hall–Kier alpha value is -3.35. The van der Waals surface area contributed by atoms with Crippen LogP contribution in [0.3, 0.4) is 0 Å². The highest BCUT2D eigenvalue weighted by Crippen LogP contribution is 2.29. The van der Waals surface area contributed by atoms with E-state index in [4.69, 9.17) is 9.40 Å². The van der Waals surface area contributed by atoms with Crippen molar-refractivity contribution in [1.29, 1.82) is 0 Å². The lowest BCUT2D eigenvalue weighted by molar-refractivity contribution is -0.125. The second-order valence-electron chi connectivity index (χ2n) is 7.57. The van der Waals surface area contributed by atoms with E-state index in [1.54, 1.807) is 6.26 Å². The number of amides is 1. The highest BCUT2D eigenvalue weighted by molar-refractivity contribution is 5.92. The summed E-state index contributed by atoms with van der Waals surface area (Å²) >= 11 is 0. The van der Waals surface area contributed by atoms with Crippen molar-refractivity contribution in [2.24, 2.45) is 5.92 Å². The molecule has 29 heavy (non-hydrogen) atoms. The molecule has 4 aromatic rings. The Morgan fingerprint density at radius 3 is 2.83 bits per heavy atom. The molecule has 7 nitrogen and oxygen atoms in total. The monoisotopic (exact) mass is 389 g/mol.